The fraction of sp³-hybridized carbons (Fsp3) is 0.158. The zero-order chi connectivity index (χ0) is 17.5. The minimum atomic E-state index is 0.481. The molecule has 1 aliphatic rings. The van der Waals surface area contributed by atoms with Crippen molar-refractivity contribution < 1.29 is 4.57 Å². The molecule has 1 aliphatic carbocycles. The van der Waals surface area contributed by atoms with Gasteiger partial charge in [-0.1, -0.05) is 23.7 Å². The summed E-state index contributed by atoms with van der Waals surface area (Å²) < 4.78 is 6.14. The van der Waals surface area contributed by atoms with Gasteiger partial charge >= 0.3 is 0 Å². The lowest BCUT2D eigenvalue weighted by molar-refractivity contribution is -0.595. The second-order valence-electron chi connectivity index (χ2n) is 6.41. The van der Waals surface area contributed by atoms with Crippen LogP contribution in [0, 0.1) is 0 Å². The van der Waals surface area contributed by atoms with E-state index >= 15 is 0 Å². The molecule has 3 aromatic heterocycles. The second-order valence-corrected chi connectivity index (χ2v) is 6.80. The molecule has 7 heteroatoms. The average Bonchev–Trinajstić information content (AvgIpc) is 3.24. The monoisotopic (exact) mass is 363 g/mol. The number of halogens is 1. The Balaban J connectivity index is 1.48. The molecule has 0 saturated heterocycles. The standard InChI is InChI=1S/C19H16ClN6/c20-18-11-25(12-21-18)15-6-8-24(9-7-15)17-3-1-2-14(10-17)19-23-22-13-26(19)16-4-5-16/h1-3,6-13,16H,4-5H2/q+1. The predicted molar refractivity (Wildman–Crippen MR) is 97.4 cm³/mol. The van der Waals surface area contributed by atoms with Crippen LogP contribution in [-0.2, 0) is 0 Å². The van der Waals surface area contributed by atoms with Crippen molar-refractivity contribution in [2.75, 3.05) is 0 Å². The van der Waals surface area contributed by atoms with Crippen LogP contribution in [0.3, 0.4) is 0 Å². The van der Waals surface area contributed by atoms with Gasteiger partial charge in [0.15, 0.2) is 18.2 Å². The van der Waals surface area contributed by atoms with Crippen molar-refractivity contribution in [2.45, 2.75) is 18.9 Å². The van der Waals surface area contributed by atoms with Gasteiger partial charge in [-0.3, -0.25) is 0 Å². The Morgan fingerprint density at radius 1 is 1.08 bits per heavy atom. The van der Waals surface area contributed by atoms with E-state index in [1.807, 2.05) is 41.5 Å². The van der Waals surface area contributed by atoms with Crippen LogP contribution in [0.5, 0.6) is 0 Å². The van der Waals surface area contributed by atoms with E-state index in [2.05, 4.69) is 42.5 Å². The summed E-state index contributed by atoms with van der Waals surface area (Å²) >= 11 is 5.89. The Hall–Kier alpha value is -2.99. The lowest BCUT2D eigenvalue weighted by Gasteiger charge is -2.05. The van der Waals surface area contributed by atoms with Crippen LogP contribution in [0.1, 0.15) is 18.9 Å². The average molecular weight is 364 g/mol. The van der Waals surface area contributed by atoms with Gasteiger partial charge < -0.3 is 9.13 Å². The van der Waals surface area contributed by atoms with Gasteiger partial charge in [-0.05, 0) is 12.8 Å². The van der Waals surface area contributed by atoms with E-state index in [9.17, 15) is 0 Å². The third-order valence-corrected chi connectivity index (χ3v) is 4.77. The molecule has 1 saturated carbocycles. The molecular weight excluding hydrogens is 348 g/mol. The normalized spacial score (nSPS) is 13.9. The Morgan fingerprint density at radius 3 is 2.65 bits per heavy atom. The summed E-state index contributed by atoms with van der Waals surface area (Å²) in [6.45, 7) is 0. The summed E-state index contributed by atoms with van der Waals surface area (Å²) in [5, 5.41) is 8.90. The Kier molecular flexibility index (Phi) is 3.57. The molecule has 3 heterocycles. The number of hydrogen-bond acceptors (Lipinski definition) is 3. The molecule has 26 heavy (non-hydrogen) atoms. The van der Waals surface area contributed by atoms with Gasteiger partial charge in [0.05, 0.1) is 5.69 Å². The van der Waals surface area contributed by atoms with Crippen molar-refractivity contribution >= 4 is 11.6 Å². The van der Waals surface area contributed by atoms with Crippen LogP contribution in [0.25, 0.3) is 22.8 Å². The molecule has 1 fully saturated rings. The maximum absolute atomic E-state index is 5.89. The maximum Gasteiger partial charge on any atom is 0.211 e. The minimum Gasteiger partial charge on any atom is -0.310 e. The van der Waals surface area contributed by atoms with E-state index in [4.69, 9.17) is 11.6 Å². The summed E-state index contributed by atoms with van der Waals surface area (Å²) in [4.78, 5) is 4.05. The number of hydrogen-bond donors (Lipinski definition) is 0. The van der Waals surface area contributed by atoms with Crippen molar-refractivity contribution in [2.24, 2.45) is 0 Å². The topological polar surface area (TPSA) is 52.4 Å². The molecule has 0 aliphatic heterocycles. The molecule has 0 atom stereocenters. The second kappa shape index (κ2) is 6.07. The maximum atomic E-state index is 5.89. The van der Waals surface area contributed by atoms with Crippen molar-refractivity contribution in [1.82, 2.24) is 24.3 Å². The van der Waals surface area contributed by atoms with Crippen LogP contribution in [0.2, 0.25) is 5.15 Å². The molecule has 0 amide bonds. The summed E-state index contributed by atoms with van der Waals surface area (Å²) in [6, 6.07) is 12.9. The first-order chi connectivity index (χ1) is 12.8. The van der Waals surface area contributed by atoms with Gasteiger partial charge in [0.1, 0.15) is 17.8 Å². The van der Waals surface area contributed by atoms with Gasteiger partial charge in [-0.25, -0.2) is 4.98 Å². The van der Waals surface area contributed by atoms with Crippen LogP contribution in [0.15, 0.2) is 67.6 Å². The fourth-order valence-electron chi connectivity index (χ4n) is 3.08. The van der Waals surface area contributed by atoms with Crippen LogP contribution < -0.4 is 4.57 Å². The summed E-state index contributed by atoms with van der Waals surface area (Å²) in [6.07, 6.45) is 11.8. The number of imidazole rings is 1. The summed E-state index contributed by atoms with van der Waals surface area (Å²) in [7, 11) is 0. The Bertz CT molecular complexity index is 1060. The van der Waals surface area contributed by atoms with E-state index in [1.54, 1.807) is 12.5 Å². The molecule has 6 nitrogen and oxygen atoms in total. The van der Waals surface area contributed by atoms with Crippen LogP contribution in [-0.4, -0.2) is 24.3 Å². The molecule has 0 unspecified atom stereocenters. The van der Waals surface area contributed by atoms with Crippen LogP contribution >= 0.6 is 11.6 Å². The summed E-state index contributed by atoms with van der Waals surface area (Å²) in [5.74, 6) is 0.930. The number of aromatic nitrogens is 6. The molecule has 0 N–H and O–H groups in total. The Morgan fingerprint density at radius 2 is 1.92 bits per heavy atom. The van der Waals surface area contributed by atoms with Crippen molar-refractivity contribution in [3.05, 3.63) is 72.8 Å². The van der Waals surface area contributed by atoms with Crippen molar-refractivity contribution in [1.29, 1.82) is 0 Å². The lowest BCUT2D eigenvalue weighted by atomic mass is 10.2. The molecule has 4 aromatic rings. The smallest absolute Gasteiger partial charge is 0.211 e. The highest BCUT2D eigenvalue weighted by Crippen LogP contribution is 2.37. The molecule has 5 rings (SSSR count). The third kappa shape index (κ3) is 2.78. The lowest BCUT2D eigenvalue weighted by Crippen LogP contribution is -2.29. The van der Waals surface area contributed by atoms with Gasteiger partial charge in [0.25, 0.3) is 0 Å². The predicted octanol–water partition coefficient (Wildman–Crippen LogP) is 3.40. The van der Waals surface area contributed by atoms with Gasteiger partial charge in [-0.2, -0.15) is 4.57 Å². The highest BCUT2D eigenvalue weighted by atomic mass is 35.5. The largest absolute Gasteiger partial charge is 0.310 e. The van der Waals surface area contributed by atoms with E-state index in [1.165, 1.54) is 12.8 Å². The Labute approximate surface area is 155 Å². The molecule has 1 aromatic carbocycles. The summed E-state index contributed by atoms with van der Waals surface area (Å²) in [5.41, 5.74) is 3.15. The number of rotatable bonds is 4. The van der Waals surface area contributed by atoms with Gasteiger partial charge in [0.2, 0.25) is 5.69 Å². The van der Waals surface area contributed by atoms with E-state index < -0.39 is 0 Å². The first-order valence-electron chi connectivity index (χ1n) is 8.49. The third-order valence-electron chi connectivity index (χ3n) is 4.58. The molecule has 0 bridgehead atoms. The number of benzene rings is 1. The molecular formula is C19H16ClN6+. The number of nitrogens with zero attached hydrogens (tertiary/aromatic N) is 6. The zero-order valence-corrected chi connectivity index (χ0v) is 14.7. The van der Waals surface area contributed by atoms with E-state index in [0.717, 1.165) is 22.8 Å². The van der Waals surface area contributed by atoms with Crippen LogP contribution in [0.4, 0.5) is 0 Å². The molecule has 0 radical (unpaired) electrons. The van der Waals surface area contributed by atoms with Crippen molar-refractivity contribution in [3.63, 3.8) is 0 Å². The SMILES string of the molecule is Clc1cn(-c2cc[n+](-c3cccc(-c4nncn4C4CC4)c3)cc2)cn1. The van der Waals surface area contributed by atoms with E-state index in [-0.39, 0.29) is 0 Å². The molecule has 128 valence electrons. The quantitative estimate of drug-likeness (QED) is 0.522. The van der Waals surface area contributed by atoms with Gasteiger partial charge in [-0.15, -0.1) is 10.2 Å². The van der Waals surface area contributed by atoms with Gasteiger partial charge in [0, 0.05) is 42.1 Å². The highest BCUT2D eigenvalue weighted by molar-refractivity contribution is 6.29. The minimum absolute atomic E-state index is 0.481. The van der Waals surface area contributed by atoms with E-state index in [0.29, 0.717) is 11.2 Å². The first-order valence-corrected chi connectivity index (χ1v) is 8.87. The fourth-order valence-corrected chi connectivity index (χ4v) is 3.23. The number of pyridine rings is 1. The highest BCUT2D eigenvalue weighted by Gasteiger charge is 2.26. The zero-order valence-electron chi connectivity index (χ0n) is 13.9. The first kappa shape index (κ1) is 15.3. The van der Waals surface area contributed by atoms with Crippen molar-refractivity contribution in [3.8, 4) is 22.8 Å². The molecule has 0 spiro atoms.